The number of carbonyl (C=O) groups is 2. The molecule has 1 aromatic carbocycles. The van der Waals surface area contributed by atoms with Crippen molar-refractivity contribution in [2.24, 2.45) is 5.92 Å². The Morgan fingerprint density at radius 2 is 1.96 bits per heavy atom. The van der Waals surface area contributed by atoms with Gasteiger partial charge in [-0.3, -0.25) is 4.79 Å². The van der Waals surface area contributed by atoms with Gasteiger partial charge in [-0.05, 0) is 25.0 Å². The number of carbonyl (C=O) groups excluding carboxylic acids is 2. The number of esters is 1. The van der Waals surface area contributed by atoms with Crippen LogP contribution in [0.5, 0.6) is 0 Å². The fourth-order valence-corrected chi connectivity index (χ4v) is 3.80. The fourth-order valence-electron chi connectivity index (χ4n) is 2.22. The number of amides is 1. The van der Waals surface area contributed by atoms with E-state index in [0.717, 1.165) is 12.1 Å². The first-order valence-corrected chi connectivity index (χ1v) is 10.4. The Bertz CT molecular complexity index is 764. The summed E-state index contributed by atoms with van der Waals surface area (Å²) in [7, 11) is 1.32. The number of aromatic nitrogens is 2. The molecule has 1 heterocycles. The summed E-state index contributed by atoms with van der Waals surface area (Å²) < 4.78 is 5.46. The van der Waals surface area contributed by atoms with Gasteiger partial charge in [0.05, 0.1) is 12.9 Å². The van der Waals surface area contributed by atoms with Crippen LogP contribution in [-0.2, 0) is 14.3 Å². The van der Waals surface area contributed by atoms with E-state index in [2.05, 4.69) is 20.8 Å². The summed E-state index contributed by atoms with van der Waals surface area (Å²) in [5, 5.41) is 14.8. The van der Waals surface area contributed by atoms with Crippen molar-refractivity contribution in [3.05, 3.63) is 29.8 Å². The van der Waals surface area contributed by atoms with Gasteiger partial charge in [-0.25, -0.2) is 4.79 Å². The zero-order valence-electron chi connectivity index (χ0n) is 15.8. The Hall–Kier alpha value is -2.13. The van der Waals surface area contributed by atoms with Gasteiger partial charge >= 0.3 is 5.97 Å². The lowest BCUT2D eigenvalue weighted by atomic mass is 9.99. The summed E-state index contributed by atoms with van der Waals surface area (Å²) in [5.41, 5.74) is 2.11. The lowest BCUT2D eigenvalue weighted by molar-refractivity contribution is -0.146. The van der Waals surface area contributed by atoms with Crippen molar-refractivity contribution in [2.75, 3.05) is 18.2 Å². The SMILES string of the molecule is CC[C@@H](C)[C@H](NC(=O)CSc1nnc(Nc2ccc(C)cc2)s1)C(=O)OC. The van der Waals surface area contributed by atoms with Gasteiger partial charge < -0.3 is 15.4 Å². The molecule has 2 aromatic rings. The highest BCUT2D eigenvalue weighted by Crippen LogP contribution is 2.27. The van der Waals surface area contributed by atoms with E-state index in [1.54, 1.807) is 0 Å². The molecule has 0 radical (unpaired) electrons. The number of methoxy groups -OCH3 is 1. The Labute approximate surface area is 167 Å². The van der Waals surface area contributed by atoms with Gasteiger partial charge in [-0.15, -0.1) is 10.2 Å². The van der Waals surface area contributed by atoms with Crippen molar-refractivity contribution in [3.63, 3.8) is 0 Å². The molecular formula is C18H24N4O3S2. The van der Waals surface area contributed by atoms with Crippen molar-refractivity contribution in [1.29, 1.82) is 0 Å². The fraction of sp³-hybridized carbons (Fsp3) is 0.444. The Kier molecular flexibility index (Phi) is 8.05. The number of benzene rings is 1. The van der Waals surface area contributed by atoms with E-state index in [1.165, 1.54) is 35.8 Å². The Morgan fingerprint density at radius 3 is 2.59 bits per heavy atom. The minimum Gasteiger partial charge on any atom is -0.467 e. The zero-order valence-corrected chi connectivity index (χ0v) is 17.4. The molecule has 2 N–H and O–H groups in total. The van der Waals surface area contributed by atoms with E-state index in [1.807, 2.05) is 45.0 Å². The molecular weight excluding hydrogens is 384 g/mol. The number of thioether (sulfide) groups is 1. The molecule has 0 aliphatic rings. The molecule has 1 aromatic heterocycles. The summed E-state index contributed by atoms with van der Waals surface area (Å²) in [6, 6.07) is 7.33. The van der Waals surface area contributed by atoms with Gasteiger partial charge in [-0.1, -0.05) is 61.1 Å². The van der Waals surface area contributed by atoms with E-state index in [4.69, 9.17) is 4.74 Å². The van der Waals surface area contributed by atoms with Gasteiger partial charge in [0.1, 0.15) is 6.04 Å². The third-order valence-corrected chi connectivity index (χ3v) is 5.99. The van der Waals surface area contributed by atoms with Crippen LogP contribution >= 0.6 is 23.1 Å². The zero-order chi connectivity index (χ0) is 19.8. The van der Waals surface area contributed by atoms with Crippen LogP contribution in [0.15, 0.2) is 28.6 Å². The molecule has 0 saturated carbocycles. The van der Waals surface area contributed by atoms with Crippen LogP contribution in [0.4, 0.5) is 10.8 Å². The van der Waals surface area contributed by atoms with Crippen LogP contribution in [0.25, 0.3) is 0 Å². The molecule has 0 bridgehead atoms. The van der Waals surface area contributed by atoms with E-state index >= 15 is 0 Å². The summed E-state index contributed by atoms with van der Waals surface area (Å²) in [5.74, 6) is -0.510. The van der Waals surface area contributed by atoms with Crippen molar-refractivity contribution in [3.8, 4) is 0 Å². The van der Waals surface area contributed by atoms with Crippen molar-refractivity contribution >= 4 is 45.8 Å². The molecule has 0 aliphatic carbocycles. The monoisotopic (exact) mass is 408 g/mol. The summed E-state index contributed by atoms with van der Waals surface area (Å²) in [4.78, 5) is 24.0. The summed E-state index contributed by atoms with van der Waals surface area (Å²) in [6.07, 6.45) is 0.762. The van der Waals surface area contributed by atoms with Crippen LogP contribution in [0.1, 0.15) is 25.8 Å². The second-order valence-corrected chi connectivity index (χ2v) is 8.31. The first-order valence-electron chi connectivity index (χ1n) is 8.60. The molecule has 0 fully saturated rings. The predicted molar refractivity (Wildman–Crippen MR) is 108 cm³/mol. The minimum absolute atomic E-state index is 0.00163. The predicted octanol–water partition coefficient (Wildman–Crippen LogP) is 3.39. The van der Waals surface area contributed by atoms with Crippen LogP contribution in [-0.4, -0.2) is 41.0 Å². The molecule has 0 spiro atoms. The molecule has 2 rings (SSSR count). The number of nitrogens with one attached hydrogen (secondary N) is 2. The topological polar surface area (TPSA) is 93.2 Å². The number of nitrogens with zero attached hydrogens (tertiary/aromatic N) is 2. The number of ether oxygens (including phenoxy) is 1. The lowest BCUT2D eigenvalue weighted by Gasteiger charge is -2.21. The minimum atomic E-state index is -0.638. The maximum absolute atomic E-state index is 12.2. The average Bonchev–Trinajstić information content (AvgIpc) is 3.12. The normalized spacial score (nSPS) is 12.9. The first kappa shape index (κ1) is 21.2. The molecule has 0 unspecified atom stereocenters. The van der Waals surface area contributed by atoms with Crippen LogP contribution < -0.4 is 10.6 Å². The number of anilines is 2. The third kappa shape index (κ3) is 6.51. The lowest BCUT2D eigenvalue weighted by Crippen LogP contribution is -2.46. The molecule has 27 heavy (non-hydrogen) atoms. The second kappa shape index (κ2) is 10.3. The smallest absolute Gasteiger partial charge is 0.328 e. The molecule has 9 heteroatoms. The quantitative estimate of drug-likeness (QED) is 0.485. The summed E-state index contributed by atoms with van der Waals surface area (Å²) in [6.45, 7) is 5.90. The number of aryl methyl sites for hydroxylation is 1. The van der Waals surface area contributed by atoms with Crippen molar-refractivity contribution in [2.45, 2.75) is 37.6 Å². The molecule has 2 atom stereocenters. The maximum atomic E-state index is 12.2. The molecule has 0 aliphatic heterocycles. The molecule has 1 amide bonds. The highest BCUT2D eigenvalue weighted by atomic mass is 32.2. The largest absolute Gasteiger partial charge is 0.467 e. The van der Waals surface area contributed by atoms with Crippen molar-refractivity contribution < 1.29 is 14.3 Å². The molecule has 7 nitrogen and oxygen atoms in total. The van der Waals surface area contributed by atoms with E-state index in [0.29, 0.717) is 9.47 Å². The van der Waals surface area contributed by atoms with E-state index in [-0.39, 0.29) is 17.6 Å². The van der Waals surface area contributed by atoms with Gasteiger partial charge in [-0.2, -0.15) is 0 Å². The van der Waals surface area contributed by atoms with Gasteiger partial charge in [0.2, 0.25) is 11.0 Å². The standard InChI is InChI=1S/C18H24N4O3S2/c1-5-12(3)15(16(24)25-4)20-14(23)10-26-18-22-21-17(27-18)19-13-8-6-11(2)7-9-13/h6-9,12,15H,5,10H2,1-4H3,(H,19,21)(H,20,23)/t12-,15+/m1/s1. The highest BCUT2D eigenvalue weighted by molar-refractivity contribution is 8.01. The van der Waals surface area contributed by atoms with Gasteiger partial charge in [0.25, 0.3) is 0 Å². The second-order valence-electron chi connectivity index (χ2n) is 6.11. The Morgan fingerprint density at radius 1 is 1.26 bits per heavy atom. The molecule has 0 saturated heterocycles. The number of hydrogen-bond acceptors (Lipinski definition) is 8. The summed E-state index contributed by atoms with van der Waals surface area (Å²) >= 11 is 2.66. The maximum Gasteiger partial charge on any atom is 0.328 e. The third-order valence-electron chi connectivity index (χ3n) is 4.02. The molecule has 146 valence electrons. The van der Waals surface area contributed by atoms with Crippen LogP contribution in [0.3, 0.4) is 0 Å². The first-order chi connectivity index (χ1) is 12.9. The number of hydrogen-bond donors (Lipinski definition) is 2. The highest BCUT2D eigenvalue weighted by Gasteiger charge is 2.26. The average molecular weight is 409 g/mol. The van der Waals surface area contributed by atoms with Gasteiger partial charge in [0, 0.05) is 5.69 Å². The van der Waals surface area contributed by atoms with Gasteiger partial charge in [0.15, 0.2) is 4.34 Å². The van der Waals surface area contributed by atoms with Crippen molar-refractivity contribution in [1.82, 2.24) is 15.5 Å². The number of rotatable bonds is 9. The van der Waals surface area contributed by atoms with E-state index in [9.17, 15) is 9.59 Å². The van der Waals surface area contributed by atoms with Crippen LogP contribution in [0, 0.1) is 12.8 Å². The van der Waals surface area contributed by atoms with Crippen LogP contribution in [0.2, 0.25) is 0 Å². The Balaban J connectivity index is 1.87. The van der Waals surface area contributed by atoms with E-state index < -0.39 is 12.0 Å².